The molecule has 1 aromatic heterocycles. The van der Waals surface area contributed by atoms with Crippen molar-refractivity contribution >= 4 is 22.5 Å². The first-order chi connectivity index (χ1) is 8.75. The van der Waals surface area contributed by atoms with Gasteiger partial charge in [-0.05, 0) is 43.5 Å². The maximum Gasteiger partial charge on any atom is 0.146 e. The maximum absolute atomic E-state index is 9.81. The van der Waals surface area contributed by atoms with Crippen LogP contribution in [0, 0.1) is 0 Å². The van der Waals surface area contributed by atoms with Crippen molar-refractivity contribution in [3.05, 3.63) is 35.5 Å². The molecule has 1 aliphatic carbocycles. The molecule has 0 unspecified atom stereocenters. The molecule has 1 saturated carbocycles. The normalized spacial score (nSPS) is 23.4. The van der Waals surface area contributed by atoms with Crippen LogP contribution >= 0.6 is 11.6 Å². The van der Waals surface area contributed by atoms with Crippen LogP contribution in [0.5, 0.6) is 5.75 Å². The molecule has 3 rings (SSSR count). The third-order valence-electron chi connectivity index (χ3n) is 3.38. The van der Waals surface area contributed by atoms with Gasteiger partial charge < -0.3 is 9.84 Å². The average Bonchev–Trinajstić information content (AvgIpc) is 2.79. The maximum atomic E-state index is 9.81. The average molecular weight is 264 g/mol. The highest BCUT2D eigenvalue weighted by molar-refractivity contribution is 6.35. The smallest absolute Gasteiger partial charge is 0.146 e. The Hall–Kier alpha value is -1.32. The monoisotopic (exact) mass is 263 g/mol. The number of rotatable bonds is 2. The summed E-state index contributed by atoms with van der Waals surface area (Å²) in [7, 11) is 0. The predicted molar refractivity (Wildman–Crippen MR) is 71.0 cm³/mol. The molecule has 0 spiro atoms. The van der Waals surface area contributed by atoms with E-state index in [1.54, 1.807) is 6.20 Å². The summed E-state index contributed by atoms with van der Waals surface area (Å²) < 4.78 is 5.88. The molecule has 2 atom stereocenters. The Morgan fingerprint density at radius 3 is 2.94 bits per heavy atom. The van der Waals surface area contributed by atoms with Crippen LogP contribution in [0.15, 0.2) is 30.5 Å². The van der Waals surface area contributed by atoms with Crippen molar-refractivity contribution in [1.29, 1.82) is 0 Å². The van der Waals surface area contributed by atoms with E-state index in [0.717, 1.165) is 30.2 Å². The quantitative estimate of drug-likeness (QED) is 0.905. The van der Waals surface area contributed by atoms with Gasteiger partial charge in [-0.25, -0.2) is 0 Å². The van der Waals surface area contributed by atoms with Gasteiger partial charge in [-0.2, -0.15) is 0 Å². The molecule has 0 aliphatic heterocycles. The van der Waals surface area contributed by atoms with Gasteiger partial charge in [0, 0.05) is 11.6 Å². The van der Waals surface area contributed by atoms with Gasteiger partial charge in [0.1, 0.15) is 17.4 Å². The molecule has 1 aliphatic rings. The second kappa shape index (κ2) is 4.75. The molecule has 1 heterocycles. The summed E-state index contributed by atoms with van der Waals surface area (Å²) in [5.74, 6) is 0.695. The Labute approximate surface area is 110 Å². The number of hydrogen-bond donors (Lipinski definition) is 1. The van der Waals surface area contributed by atoms with Crippen molar-refractivity contribution in [3.63, 3.8) is 0 Å². The van der Waals surface area contributed by atoms with Gasteiger partial charge >= 0.3 is 0 Å². The van der Waals surface area contributed by atoms with Crippen LogP contribution in [-0.4, -0.2) is 22.3 Å². The molecule has 1 N–H and O–H groups in total. The summed E-state index contributed by atoms with van der Waals surface area (Å²) in [5.41, 5.74) is 0.754. The fourth-order valence-corrected chi connectivity index (χ4v) is 2.63. The topological polar surface area (TPSA) is 42.4 Å². The number of fused-ring (bicyclic) bond motifs is 1. The highest BCUT2D eigenvalue weighted by atomic mass is 35.5. The summed E-state index contributed by atoms with van der Waals surface area (Å²) >= 11 is 6.13. The van der Waals surface area contributed by atoms with Crippen molar-refractivity contribution in [1.82, 2.24) is 4.98 Å². The lowest BCUT2D eigenvalue weighted by molar-refractivity contribution is 0.0613. The number of ether oxygens (including phenoxy) is 1. The van der Waals surface area contributed by atoms with E-state index in [0.29, 0.717) is 10.8 Å². The van der Waals surface area contributed by atoms with Gasteiger partial charge in [0.15, 0.2) is 0 Å². The Balaban J connectivity index is 1.99. The van der Waals surface area contributed by atoms with Gasteiger partial charge in [0.2, 0.25) is 0 Å². The third-order valence-corrected chi connectivity index (χ3v) is 3.71. The number of nitrogens with zero attached hydrogens (tertiary/aromatic N) is 1. The van der Waals surface area contributed by atoms with E-state index >= 15 is 0 Å². The number of pyridine rings is 1. The summed E-state index contributed by atoms with van der Waals surface area (Å²) in [5, 5.41) is 11.3. The van der Waals surface area contributed by atoms with Crippen LogP contribution in [0.4, 0.5) is 0 Å². The molecular weight excluding hydrogens is 250 g/mol. The second-order valence-corrected chi connectivity index (χ2v) is 5.01. The van der Waals surface area contributed by atoms with Gasteiger partial charge in [-0.3, -0.25) is 4.98 Å². The molecule has 4 heteroatoms. The fourth-order valence-electron chi connectivity index (χ4n) is 2.41. The summed E-state index contributed by atoms with van der Waals surface area (Å²) in [6, 6.07) is 7.40. The van der Waals surface area contributed by atoms with E-state index in [1.807, 2.05) is 24.3 Å². The minimum atomic E-state index is -0.376. The van der Waals surface area contributed by atoms with Crippen LogP contribution in [0.1, 0.15) is 19.3 Å². The van der Waals surface area contributed by atoms with E-state index in [9.17, 15) is 5.11 Å². The molecule has 94 valence electrons. The Morgan fingerprint density at radius 2 is 2.17 bits per heavy atom. The number of aromatic nitrogens is 1. The standard InChI is InChI=1S/C14H14ClNO2/c15-10-6-7-13(14-9(10)3-2-8-16-14)18-12-5-1-4-11(12)17/h2-3,6-8,11-12,17H,1,4-5H2/t11-,12-/m1/s1. The minimum Gasteiger partial charge on any atom is -0.485 e. The minimum absolute atomic E-state index is 0.128. The zero-order valence-corrected chi connectivity index (χ0v) is 10.6. The van der Waals surface area contributed by atoms with Crippen molar-refractivity contribution in [2.24, 2.45) is 0 Å². The first kappa shape index (κ1) is 11.8. The zero-order chi connectivity index (χ0) is 12.5. The number of benzene rings is 1. The SMILES string of the molecule is O[C@@H]1CCC[C@H]1Oc1ccc(Cl)c2cccnc12. The summed E-state index contributed by atoms with van der Waals surface area (Å²) in [6.07, 6.45) is 3.92. The van der Waals surface area contributed by atoms with Gasteiger partial charge in [-0.1, -0.05) is 11.6 Å². The molecule has 3 nitrogen and oxygen atoms in total. The van der Waals surface area contributed by atoms with Crippen LogP contribution in [0.2, 0.25) is 5.02 Å². The molecule has 1 aromatic carbocycles. The molecule has 0 saturated heterocycles. The highest BCUT2D eigenvalue weighted by Crippen LogP contribution is 2.32. The second-order valence-electron chi connectivity index (χ2n) is 4.60. The van der Waals surface area contributed by atoms with Gasteiger partial charge in [0.25, 0.3) is 0 Å². The number of aliphatic hydroxyl groups is 1. The zero-order valence-electron chi connectivity index (χ0n) is 9.84. The third kappa shape index (κ3) is 2.04. The molecular formula is C14H14ClNO2. The molecule has 0 radical (unpaired) electrons. The van der Waals surface area contributed by atoms with Crippen LogP contribution in [0.3, 0.4) is 0 Å². The Morgan fingerprint density at radius 1 is 1.28 bits per heavy atom. The summed E-state index contributed by atoms with van der Waals surface area (Å²) in [6.45, 7) is 0. The fraction of sp³-hybridized carbons (Fsp3) is 0.357. The number of halogens is 1. The molecule has 0 amide bonds. The van der Waals surface area contributed by atoms with E-state index in [4.69, 9.17) is 16.3 Å². The first-order valence-electron chi connectivity index (χ1n) is 6.13. The lowest BCUT2D eigenvalue weighted by Gasteiger charge is -2.18. The molecule has 2 aromatic rings. The first-order valence-corrected chi connectivity index (χ1v) is 6.51. The van der Waals surface area contributed by atoms with Crippen molar-refractivity contribution in [2.75, 3.05) is 0 Å². The highest BCUT2D eigenvalue weighted by Gasteiger charge is 2.27. The van der Waals surface area contributed by atoms with Gasteiger partial charge in [-0.15, -0.1) is 0 Å². The Kier molecular flexibility index (Phi) is 3.10. The van der Waals surface area contributed by atoms with E-state index < -0.39 is 0 Å². The molecule has 0 bridgehead atoms. The number of aliphatic hydroxyl groups excluding tert-OH is 1. The predicted octanol–water partition coefficient (Wildman–Crippen LogP) is 3.18. The number of hydrogen-bond acceptors (Lipinski definition) is 3. The van der Waals surface area contributed by atoms with Crippen LogP contribution < -0.4 is 4.74 Å². The van der Waals surface area contributed by atoms with Crippen molar-refractivity contribution < 1.29 is 9.84 Å². The molecule has 18 heavy (non-hydrogen) atoms. The molecule has 1 fully saturated rings. The van der Waals surface area contributed by atoms with Crippen molar-refractivity contribution in [3.8, 4) is 5.75 Å². The summed E-state index contributed by atoms with van der Waals surface area (Å²) in [4.78, 5) is 4.32. The lowest BCUT2D eigenvalue weighted by Crippen LogP contribution is -2.25. The largest absolute Gasteiger partial charge is 0.485 e. The van der Waals surface area contributed by atoms with Crippen LogP contribution in [-0.2, 0) is 0 Å². The van der Waals surface area contributed by atoms with Crippen molar-refractivity contribution in [2.45, 2.75) is 31.5 Å². The lowest BCUT2D eigenvalue weighted by atomic mass is 10.2. The Bertz CT molecular complexity index is 573. The van der Waals surface area contributed by atoms with Gasteiger partial charge in [0.05, 0.1) is 11.1 Å². The van der Waals surface area contributed by atoms with E-state index in [-0.39, 0.29) is 12.2 Å². The van der Waals surface area contributed by atoms with Crippen LogP contribution in [0.25, 0.3) is 10.9 Å². The van der Waals surface area contributed by atoms with E-state index in [2.05, 4.69) is 4.98 Å². The van der Waals surface area contributed by atoms with E-state index in [1.165, 1.54) is 0 Å².